The zero-order chi connectivity index (χ0) is 18.4. The molecule has 26 heavy (non-hydrogen) atoms. The van der Waals surface area contributed by atoms with E-state index in [9.17, 15) is 4.79 Å². The summed E-state index contributed by atoms with van der Waals surface area (Å²) in [7, 11) is 0. The van der Waals surface area contributed by atoms with Crippen LogP contribution in [0.5, 0.6) is 0 Å². The van der Waals surface area contributed by atoms with E-state index in [4.69, 9.17) is 21.3 Å². The van der Waals surface area contributed by atoms with Crippen LogP contribution in [0.2, 0.25) is 5.02 Å². The Balaban J connectivity index is 1.65. The van der Waals surface area contributed by atoms with E-state index in [0.717, 1.165) is 16.2 Å². The zero-order valence-electron chi connectivity index (χ0n) is 13.7. The first kappa shape index (κ1) is 18.1. The molecule has 1 aromatic heterocycles. The maximum atomic E-state index is 12.5. The Morgan fingerprint density at radius 1 is 1.12 bits per heavy atom. The molecule has 2 aromatic carbocycles. The highest BCUT2D eigenvalue weighted by Gasteiger charge is 2.12. The molecule has 4 nitrogen and oxygen atoms in total. The number of carbonyl (C=O) groups is 1. The second-order valence-corrected chi connectivity index (χ2v) is 6.85. The highest BCUT2D eigenvalue weighted by Crippen LogP contribution is 2.24. The van der Waals surface area contributed by atoms with Gasteiger partial charge in [0.15, 0.2) is 0 Å². The van der Waals surface area contributed by atoms with Crippen LogP contribution in [0.25, 0.3) is 11.3 Å². The molecule has 0 saturated heterocycles. The van der Waals surface area contributed by atoms with Gasteiger partial charge in [0, 0.05) is 15.5 Å². The summed E-state index contributed by atoms with van der Waals surface area (Å²) < 4.78 is 5.78. The Hall–Kier alpha value is -2.68. The van der Waals surface area contributed by atoms with Crippen molar-refractivity contribution in [3.05, 3.63) is 77.0 Å². The van der Waals surface area contributed by atoms with E-state index in [1.165, 1.54) is 11.8 Å². The van der Waals surface area contributed by atoms with Crippen molar-refractivity contribution in [2.45, 2.75) is 11.4 Å². The topological polar surface area (TPSA) is 66.0 Å². The van der Waals surface area contributed by atoms with E-state index in [0.29, 0.717) is 22.1 Å². The smallest absolute Gasteiger partial charge is 0.252 e. The maximum Gasteiger partial charge on any atom is 0.252 e. The van der Waals surface area contributed by atoms with E-state index in [1.807, 2.05) is 36.4 Å². The standard InChI is InChI=1S/C20H15ClN2O2S/c21-15-7-5-14(6-8-15)18-10-9-16(25-18)13-23-20(24)17-3-1-2-4-19(17)26-12-11-22/h1-10H,12-13H2,(H,23,24). The van der Waals surface area contributed by atoms with Gasteiger partial charge in [-0.05, 0) is 48.5 Å². The molecule has 0 unspecified atom stereocenters. The molecule has 0 atom stereocenters. The number of nitriles is 1. The lowest BCUT2D eigenvalue weighted by atomic mass is 10.2. The first-order chi connectivity index (χ1) is 12.7. The highest BCUT2D eigenvalue weighted by molar-refractivity contribution is 7.99. The van der Waals surface area contributed by atoms with Crippen molar-refractivity contribution in [2.75, 3.05) is 5.75 Å². The molecule has 6 heteroatoms. The van der Waals surface area contributed by atoms with E-state index in [1.54, 1.807) is 24.3 Å². The lowest BCUT2D eigenvalue weighted by Gasteiger charge is -2.08. The van der Waals surface area contributed by atoms with Crippen LogP contribution in [0.15, 0.2) is 70.0 Å². The Morgan fingerprint density at radius 3 is 2.65 bits per heavy atom. The molecule has 0 saturated carbocycles. The van der Waals surface area contributed by atoms with Crippen LogP contribution in [-0.4, -0.2) is 11.7 Å². The molecule has 0 bridgehead atoms. The van der Waals surface area contributed by atoms with Gasteiger partial charge in [0.2, 0.25) is 0 Å². The number of carbonyl (C=O) groups excluding carboxylic acids is 1. The number of thioether (sulfide) groups is 1. The van der Waals surface area contributed by atoms with E-state index >= 15 is 0 Å². The average Bonchev–Trinajstić information content (AvgIpc) is 3.14. The molecule has 3 aromatic rings. The molecule has 3 rings (SSSR count). The molecule has 130 valence electrons. The molecule has 1 N–H and O–H groups in total. The first-order valence-electron chi connectivity index (χ1n) is 7.89. The summed E-state index contributed by atoms with van der Waals surface area (Å²) >= 11 is 7.24. The van der Waals surface area contributed by atoms with Crippen molar-refractivity contribution < 1.29 is 9.21 Å². The summed E-state index contributed by atoms with van der Waals surface area (Å²) in [5.74, 6) is 1.48. The van der Waals surface area contributed by atoms with Crippen LogP contribution in [0.3, 0.4) is 0 Å². The van der Waals surface area contributed by atoms with Gasteiger partial charge in [-0.3, -0.25) is 4.79 Å². The second kappa shape index (κ2) is 8.61. The summed E-state index contributed by atoms with van der Waals surface area (Å²) in [5, 5.41) is 12.3. The Labute approximate surface area is 160 Å². The van der Waals surface area contributed by atoms with Gasteiger partial charge >= 0.3 is 0 Å². The van der Waals surface area contributed by atoms with Crippen LogP contribution >= 0.6 is 23.4 Å². The second-order valence-electron chi connectivity index (χ2n) is 5.40. The first-order valence-corrected chi connectivity index (χ1v) is 9.25. The number of rotatable bonds is 6. The predicted molar refractivity (Wildman–Crippen MR) is 103 cm³/mol. The van der Waals surface area contributed by atoms with Crippen molar-refractivity contribution in [2.24, 2.45) is 0 Å². The molecule has 0 aliphatic heterocycles. The summed E-state index contributed by atoms with van der Waals surface area (Å²) in [6.07, 6.45) is 0. The third kappa shape index (κ3) is 4.48. The van der Waals surface area contributed by atoms with Gasteiger partial charge in [-0.2, -0.15) is 5.26 Å². The Kier molecular flexibility index (Phi) is 6.00. The van der Waals surface area contributed by atoms with Gasteiger partial charge in [0.25, 0.3) is 5.91 Å². The molecule has 0 spiro atoms. The van der Waals surface area contributed by atoms with Gasteiger partial charge in [-0.1, -0.05) is 23.7 Å². The average molecular weight is 383 g/mol. The molecule has 1 heterocycles. The number of nitrogens with zero attached hydrogens (tertiary/aromatic N) is 1. The third-order valence-electron chi connectivity index (χ3n) is 3.64. The molecule has 0 radical (unpaired) electrons. The van der Waals surface area contributed by atoms with Crippen LogP contribution in [-0.2, 0) is 6.54 Å². The van der Waals surface area contributed by atoms with Gasteiger partial charge in [0.05, 0.1) is 23.9 Å². The monoisotopic (exact) mass is 382 g/mol. The SMILES string of the molecule is N#CCSc1ccccc1C(=O)NCc1ccc(-c2ccc(Cl)cc2)o1. The maximum absolute atomic E-state index is 12.5. The highest BCUT2D eigenvalue weighted by atomic mass is 35.5. The van der Waals surface area contributed by atoms with Crippen LogP contribution in [0, 0.1) is 11.3 Å². The molecular formula is C20H15ClN2O2S. The fourth-order valence-electron chi connectivity index (χ4n) is 2.39. The summed E-state index contributed by atoms with van der Waals surface area (Å²) in [5.41, 5.74) is 1.47. The Bertz CT molecular complexity index is 945. The molecule has 1 amide bonds. The van der Waals surface area contributed by atoms with Crippen molar-refractivity contribution >= 4 is 29.3 Å². The van der Waals surface area contributed by atoms with Gasteiger partial charge in [-0.15, -0.1) is 11.8 Å². The normalized spacial score (nSPS) is 10.3. The van der Waals surface area contributed by atoms with Gasteiger partial charge in [-0.25, -0.2) is 0 Å². The summed E-state index contributed by atoms with van der Waals surface area (Å²) in [6, 6.07) is 20.4. The number of halogens is 1. The van der Waals surface area contributed by atoms with Crippen molar-refractivity contribution in [1.82, 2.24) is 5.32 Å². The van der Waals surface area contributed by atoms with Gasteiger partial charge in [0.1, 0.15) is 11.5 Å². The Morgan fingerprint density at radius 2 is 1.88 bits per heavy atom. The molecule has 0 aliphatic rings. The van der Waals surface area contributed by atoms with E-state index < -0.39 is 0 Å². The van der Waals surface area contributed by atoms with E-state index in [2.05, 4.69) is 11.4 Å². The van der Waals surface area contributed by atoms with Crippen molar-refractivity contribution in [1.29, 1.82) is 5.26 Å². The van der Waals surface area contributed by atoms with Gasteiger partial charge < -0.3 is 9.73 Å². The lowest BCUT2D eigenvalue weighted by molar-refractivity contribution is 0.0945. The zero-order valence-corrected chi connectivity index (χ0v) is 15.3. The minimum absolute atomic E-state index is 0.199. The fourth-order valence-corrected chi connectivity index (χ4v) is 3.23. The number of benzene rings is 2. The van der Waals surface area contributed by atoms with Crippen molar-refractivity contribution in [3.8, 4) is 17.4 Å². The number of hydrogen-bond donors (Lipinski definition) is 1. The number of nitrogens with one attached hydrogen (secondary N) is 1. The van der Waals surface area contributed by atoms with E-state index in [-0.39, 0.29) is 12.5 Å². The minimum Gasteiger partial charge on any atom is -0.459 e. The number of furan rings is 1. The molecule has 0 fully saturated rings. The molecular weight excluding hydrogens is 368 g/mol. The minimum atomic E-state index is -0.199. The lowest BCUT2D eigenvalue weighted by Crippen LogP contribution is -2.23. The van der Waals surface area contributed by atoms with Crippen LogP contribution in [0.4, 0.5) is 0 Å². The fraction of sp³-hybridized carbons (Fsp3) is 0.100. The molecule has 0 aliphatic carbocycles. The van der Waals surface area contributed by atoms with Crippen LogP contribution < -0.4 is 5.32 Å². The number of hydrogen-bond acceptors (Lipinski definition) is 4. The predicted octanol–water partition coefficient (Wildman–Crippen LogP) is 5.15. The number of amides is 1. The summed E-state index contributed by atoms with van der Waals surface area (Å²) in [4.78, 5) is 13.2. The third-order valence-corrected chi connectivity index (χ3v) is 4.83. The quantitative estimate of drug-likeness (QED) is 0.599. The van der Waals surface area contributed by atoms with Crippen molar-refractivity contribution in [3.63, 3.8) is 0 Å². The summed E-state index contributed by atoms with van der Waals surface area (Å²) in [6.45, 7) is 0.281. The van der Waals surface area contributed by atoms with Crippen LogP contribution in [0.1, 0.15) is 16.1 Å². The largest absolute Gasteiger partial charge is 0.459 e.